The fourth-order valence-electron chi connectivity index (χ4n) is 1.87. The second-order valence-electron chi connectivity index (χ2n) is 4.08. The minimum absolute atomic E-state index is 0.382. The number of hydrogen-bond donors (Lipinski definition) is 0. The highest BCUT2D eigenvalue weighted by atomic mass is 16.5. The summed E-state index contributed by atoms with van der Waals surface area (Å²) in [6.45, 7) is 3.96. The molecule has 4 nitrogen and oxygen atoms in total. The molecule has 0 aliphatic heterocycles. The first-order valence-electron chi connectivity index (χ1n) is 5.58. The zero-order chi connectivity index (χ0) is 13.1. The molecular weight excluding hydrogens is 228 g/mol. The van der Waals surface area contributed by atoms with Crippen LogP contribution < -0.4 is 4.74 Å². The molecule has 0 spiro atoms. The van der Waals surface area contributed by atoms with Crippen LogP contribution in [0.4, 0.5) is 0 Å². The number of nitrogens with zero attached hydrogens (tertiary/aromatic N) is 2. The molecule has 0 fully saturated rings. The first-order valence-corrected chi connectivity index (χ1v) is 5.58. The maximum atomic E-state index is 10.7. The van der Waals surface area contributed by atoms with Gasteiger partial charge in [0.05, 0.1) is 12.8 Å². The molecule has 0 unspecified atom stereocenters. The Labute approximate surface area is 106 Å². The van der Waals surface area contributed by atoms with Gasteiger partial charge in [-0.2, -0.15) is 0 Å². The van der Waals surface area contributed by atoms with Gasteiger partial charge in [-0.15, -0.1) is 0 Å². The fourth-order valence-corrected chi connectivity index (χ4v) is 1.87. The van der Waals surface area contributed by atoms with Crippen molar-refractivity contribution in [3.8, 4) is 17.0 Å². The van der Waals surface area contributed by atoms with Crippen LogP contribution in [0.25, 0.3) is 11.3 Å². The van der Waals surface area contributed by atoms with Gasteiger partial charge < -0.3 is 4.74 Å². The molecule has 0 saturated carbocycles. The summed E-state index contributed by atoms with van der Waals surface area (Å²) in [6, 6.07) is 5.65. The molecule has 2 rings (SSSR count). The zero-order valence-electron chi connectivity index (χ0n) is 10.6. The molecule has 1 aromatic carbocycles. The highest BCUT2D eigenvalue weighted by Gasteiger charge is 2.08. The molecule has 92 valence electrons. The van der Waals surface area contributed by atoms with Crippen LogP contribution in [0.2, 0.25) is 0 Å². The largest absolute Gasteiger partial charge is 0.496 e. The van der Waals surface area contributed by atoms with Crippen molar-refractivity contribution >= 4 is 6.29 Å². The minimum atomic E-state index is 0.382. The quantitative estimate of drug-likeness (QED) is 0.776. The van der Waals surface area contributed by atoms with Gasteiger partial charge in [0.25, 0.3) is 0 Å². The monoisotopic (exact) mass is 242 g/mol. The summed E-state index contributed by atoms with van der Waals surface area (Å²) in [5.74, 6) is 0.848. The van der Waals surface area contributed by atoms with Crippen molar-refractivity contribution in [1.29, 1.82) is 0 Å². The van der Waals surface area contributed by atoms with Gasteiger partial charge in [0.2, 0.25) is 0 Å². The predicted molar refractivity (Wildman–Crippen MR) is 68.9 cm³/mol. The number of aromatic nitrogens is 2. The van der Waals surface area contributed by atoms with Crippen molar-refractivity contribution in [3.05, 3.63) is 41.3 Å². The molecule has 1 aromatic heterocycles. The Morgan fingerprint density at radius 1 is 1.11 bits per heavy atom. The van der Waals surface area contributed by atoms with Crippen LogP contribution in [0.1, 0.15) is 21.6 Å². The second-order valence-corrected chi connectivity index (χ2v) is 4.08. The molecule has 1 heterocycles. The average Bonchev–Trinajstić information content (AvgIpc) is 2.41. The number of rotatable bonds is 3. The molecule has 0 amide bonds. The van der Waals surface area contributed by atoms with E-state index in [9.17, 15) is 4.79 Å². The molecule has 18 heavy (non-hydrogen) atoms. The standard InChI is InChI=1S/C14H14N2O2/c1-9-5-14(18-3)10(2)4-12(9)13-6-11(7-17)15-8-16-13/h4-8H,1-3H3. The molecule has 2 aromatic rings. The molecule has 0 bridgehead atoms. The lowest BCUT2D eigenvalue weighted by Crippen LogP contribution is -1.95. The van der Waals surface area contributed by atoms with Gasteiger partial charge in [-0.1, -0.05) is 0 Å². The summed E-state index contributed by atoms with van der Waals surface area (Å²) in [5.41, 5.74) is 4.19. The summed E-state index contributed by atoms with van der Waals surface area (Å²) >= 11 is 0. The van der Waals surface area contributed by atoms with E-state index in [0.29, 0.717) is 5.69 Å². The normalized spacial score (nSPS) is 10.2. The third-order valence-electron chi connectivity index (χ3n) is 2.83. The lowest BCUT2D eigenvalue weighted by atomic mass is 10.0. The van der Waals surface area contributed by atoms with Crippen LogP contribution in [0.15, 0.2) is 24.5 Å². The number of aldehydes is 1. The summed E-state index contributed by atoms with van der Waals surface area (Å²) in [6.07, 6.45) is 2.12. The number of carbonyl (C=O) groups excluding carboxylic acids is 1. The number of carbonyl (C=O) groups is 1. The number of ether oxygens (including phenoxy) is 1. The van der Waals surface area contributed by atoms with Gasteiger partial charge in [-0.25, -0.2) is 9.97 Å². The molecule has 0 radical (unpaired) electrons. The van der Waals surface area contributed by atoms with Crippen LogP contribution in [-0.2, 0) is 0 Å². The minimum Gasteiger partial charge on any atom is -0.496 e. The van der Waals surface area contributed by atoms with Crippen molar-refractivity contribution in [1.82, 2.24) is 9.97 Å². The SMILES string of the molecule is COc1cc(C)c(-c2cc(C=O)ncn2)cc1C. The zero-order valence-corrected chi connectivity index (χ0v) is 10.6. The van der Waals surface area contributed by atoms with Crippen LogP contribution in [0, 0.1) is 13.8 Å². The van der Waals surface area contributed by atoms with Crippen LogP contribution >= 0.6 is 0 Å². The van der Waals surface area contributed by atoms with E-state index >= 15 is 0 Å². The van der Waals surface area contributed by atoms with E-state index in [4.69, 9.17) is 4.74 Å². The highest BCUT2D eigenvalue weighted by Crippen LogP contribution is 2.28. The third kappa shape index (κ3) is 2.22. The Hall–Kier alpha value is -2.23. The fraction of sp³-hybridized carbons (Fsp3) is 0.214. The van der Waals surface area contributed by atoms with Crippen LogP contribution in [0.5, 0.6) is 5.75 Å². The van der Waals surface area contributed by atoms with Gasteiger partial charge in [0.15, 0.2) is 6.29 Å². The van der Waals surface area contributed by atoms with Crippen LogP contribution in [-0.4, -0.2) is 23.4 Å². The predicted octanol–water partition coefficient (Wildman–Crippen LogP) is 2.58. The first kappa shape index (κ1) is 12.2. The molecule has 4 heteroatoms. The molecule has 0 atom stereocenters. The van der Waals surface area contributed by atoms with Crippen molar-refractivity contribution in [2.75, 3.05) is 7.11 Å². The van der Waals surface area contributed by atoms with E-state index in [2.05, 4.69) is 9.97 Å². The van der Waals surface area contributed by atoms with E-state index in [1.54, 1.807) is 13.2 Å². The van der Waals surface area contributed by atoms with Crippen molar-refractivity contribution < 1.29 is 9.53 Å². The lowest BCUT2D eigenvalue weighted by molar-refractivity contribution is 0.111. The average molecular weight is 242 g/mol. The Morgan fingerprint density at radius 3 is 2.56 bits per heavy atom. The van der Waals surface area contributed by atoms with Crippen LogP contribution in [0.3, 0.4) is 0 Å². The summed E-state index contributed by atoms with van der Waals surface area (Å²) < 4.78 is 5.27. The summed E-state index contributed by atoms with van der Waals surface area (Å²) in [7, 11) is 1.65. The highest BCUT2D eigenvalue weighted by molar-refractivity contribution is 5.76. The molecule has 0 N–H and O–H groups in total. The first-order chi connectivity index (χ1) is 8.65. The van der Waals surface area contributed by atoms with E-state index < -0.39 is 0 Å². The Balaban J connectivity index is 2.56. The van der Waals surface area contributed by atoms with Gasteiger partial charge in [-0.3, -0.25) is 4.79 Å². The topological polar surface area (TPSA) is 52.1 Å². The second kappa shape index (κ2) is 4.96. The van der Waals surface area contributed by atoms with E-state index in [1.807, 2.05) is 26.0 Å². The molecule has 0 aliphatic carbocycles. The maximum absolute atomic E-state index is 10.7. The van der Waals surface area contributed by atoms with Gasteiger partial charge in [-0.05, 0) is 43.2 Å². The molecule has 0 aliphatic rings. The Morgan fingerprint density at radius 2 is 1.89 bits per heavy atom. The number of aryl methyl sites for hydroxylation is 2. The summed E-state index contributed by atoms with van der Waals surface area (Å²) in [5, 5.41) is 0. The molecular formula is C14H14N2O2. The maximum Gasteiger partial charge on any atom is 0.168 e. The summed E-state index contributed by atoms with van der Waals surface area (Å²) in [4.78, 5) is 18.8. The van der Waals surface area contributed by atoms with Gasteiger partial charge >= 0.3 is 0 Å². The molecule has 0 saturated heterocycles. The number of hydrogen-bond acceptors (Lipinski definition) is 4. The lowest BCUT2D eigenvalue weighted by Gasteiger charge is -2.10. The number of benzene rings is 1. The Kier molecular flexibility index (Phi) is 3.37. The smallest absolute Gasteiger partial charge is 0.168 e. The van der Waals surface area contributed by atoms with Crippen molar-refractivity contribution in [3.63, 3.8) is 0 Å². The van der Waals surface area contributed by atoms with Crippen molar-refractivity contribution in [2.45, 2.75) is 13.8 Å². The van der Waals surface area contributed by atoms with E-state index in [0.717, 1.165) is 34.4 Å². The Bertz CT molecular complexity index is 594. The third-order valence-corrected chi connectivity index (χ3v) is 2.83. The van der Waals surface area contributed by atoms with E-state index in [1.165, 1.54) is 6.33 Å². The number of methoxy groups -OCH3 is 1. The van der Waals surface area contributed by atoms with Gasteiger partial charge in [0.1, 0.15) is 17.8 Å². The van der Waals surface area contributed by atoms with E-state index in [-0.39, 0.29) is 0 Å². The van der Waals surface area contributed by atoms with Gasteiger partial charge in [0, 0.05) is 5.56 Å². The van der Waals surface area contributed by atoms with Crippen molar-refractivity contribution in [2.24, 2.45) is 0 Å².